The van der Waals surface area contributed by atoms with Crippen LogP contribution in [0.1, 0.15) is 97.6 Å². The molecule has 0 saturated heterocycles. The highest BCUT2D eigenvalue weighted by atomic mass is 16.5. The van der Waals surface area contributed by atoms with Crippen molar-refractivity contribution in [2.45, 2.75) is 105 Å². The molecule has 0 radical (unpaired) electrons. The molecule has 0 amide bonds. The first-order valence-electron chi connectivity index (χ1n) is 12.3. The fourth-order valence-electron chi connectivity index (χ4n) is 4.32. The van der Waals surface area contributed by atoms with Gasteiger partial charge in [0.1, 0.15) is 22.9 Å². The summed E-state index contributed by atoms with van der Waals surface area (Å²) < 4.78 is 11.7. The fraction of sp³-hybridized carbons (Fsp3) is 0.586. The van der Waals surface area contributed by atoms with E-state index in [1.165, 1.54) is 18.1 Å². The largest absolute Gasteiger partial charge is 0.487 e. The molecule has 1 aliphatic rings. The molecule has 2 atom stereocenters. The van der Waals surface area contributed by atoms with Crippen molar-refractivity contribution in [3.8, 4) is 11.5 Å². The molecule has 0 spiro atoms. The van der Waals surface area contributed by atoms with Gasteiger partial charge < -0.3 is 9.47 Å². The van der Waals surface area contributed by atoms with Crippen molar-refractivity contribution >= 4 is 11.8 Å². The maximum absolute atomic E-state index is 12.2. The van der Waals surface area contributed by atoms with Gasteiger partial charge in [0.2, 0.25) is 0 Å². The summed E-state index contributed by atoms with van der Waals surface area (Å²) in [4.78, 5) is 23.5. The number of carbonyl (C=O) groups excluding carboxylic acids is 2. The first kappa shape index (κ1) is 26.9. The molecule has 0 unspecified atom stereocenters. The molecule has 0 saturated carbocycles. The van der Waals surface area contributed by atoms with Gasteiger partial charge in [-0.25, -0.2) is 0 Å². The van der Waals surface area contributed by atoms with Gasteiger partial charge in [0, 0.05) is 19.3 Å². The third-order valence-corrected chi connectivity index (χ3v) is 6.49. The second-order valence-corrected chi connectivity index (χ2v) is 10.2. The Morgan fingerprint density at radius 2 is 1.91 bits per heavy atom. The van der Waals surface area contributed by atoms with Crippen LogP contribution in [0.3, 0.4) is 0 Å². The number of aryl methyl sites for hydroxylation is 2. The van der Waals surface area contributed by atoms with Gasteiger partial charge in [-0.2, -0.15) is 0 Å². The number of rotatable bonds is 11. The van der Waals surface area contributed by atoms with Gasteiger partial charge in [-0.15, -0.1) is 0 Å². The lowest BCUT2D eigenvalue weighted by molar-refractivity contribution is -0.131. The van der Waals surface area contributed by atoms with Crippen LogP contribution in [0.4, 0.5) is 0 Å². The van der Waals surface area contributed by atoms with E-state index in [1.54, 1.807) is 0 Å². The lowest BCUT2D eigenvalue weighted by atomic mass is 9.87. The normalized spacial score (nSPS) is 18.7. The third-order valence-electron chi connectivity index (χ3n) is 6.49. The zero-order chi connectivity index (χ0) is 24.6. The van der Waals surface area contributed by atoms with Crippen LogP contribution < -0.4 is 9.47 Å². The third kappa shape index (κ3) is 8.83. The minimum atomic E-state index is -0.303. The summed E-state index contributed by atoms with van der Waals surface area (Å²) in [7, 11) is 0. The molecule has 0 aromatic heterocycles. The van der Waals surface area contributed by atoms with Crippen molar-refractivity contribution in [1.29, 1.82) is 0 Å². The van der Waals surface area contributed by atoms with Gasteiger partial charge in [-0.3, -0.25) is 9.59 Å². The van der Waals surface area contributed by atoms with Crippen LogP contribution in [0.2, 0.25) is 0 Å². The summed E-state index contributed by atoms with van der Waals surface area (Å²) in [6.45, 7) is 13.9. The van der Waals surface area contributed by atoms with E-state index in [9.17, 15) is 9.59 Å². The molecule has 0 fully saturated rings. The van der Waals surface area contributed by atoms with E-state index in [2.05, 4.69) is 26.8 Å². The maximum Gasteiger partial charge on any atom is 0.308 e. The van der Waals surface area contributed by atoms with Gasteiger partial charge >= 0.3 is 5.97 Å². The van der Waals surface area contributed by atoms with E-state index in [4.69, 9.17) is 9.47 Å². The number of ether oxygens (including phenoxy) is 2. The summed E-state index contributed by atoms with van der Waals surface area (Å²) in [6, 6.07) is 3.81. The van der Waals surface area contributed by atoms with Crippen LogP contribution in [0, 0.1) is 12.8 Å². The second kappa shape index (κ2) is 12.2. The summed E-state index contributed by atoms with van der Waals surface area (Å²) in [5.41, 5.74) is 4.53. The van der Waals surface area contributed by atoms with E-state index >= 15 is 0 Å². The Kier molecular flexibility index (Phi) is 9.94. The van der Waals surface area contributed by atoms with E-state index < -0.39 is 0 Å². The number of allylic oxidation sites excluding steroid dienone is 4. The van der Waals surface area contributed by atoms with Crippen LogP contribution >= 0.6 is 0 Å². The van der Waals surface area contributed by atoms with Gasteiger partial charge in [0.05, 0.1) is 0 Å². The number of ketones is 1. The smallest absolute Gasteiger partial charge is 0.308 e. The Hall–Kier alpha value is -2.36. The standard InChI is InChI=1S/C29H42O4/c1-20(2)13-14-27(31)22(4)12-8-10-21(3)11-9-16-29(7)17-15-25-19-26(32-24(6)30)18-23(5)28(25)33-29/h11,13,18-19,22H,8-10,12,14-17H2,1-7H3/b21-11+/t22-,29+/m0/s1. The molecule has 4 nitrogen and oxygen atoms in total. The highest BCUT2D eigenvalue weighted by Crippen LogP contribution is 2.40. The van der Waals surface area contributed by atoms with Gasteiger partial charge in [0.25, 0.3) is 0 Å². The van der Waals surface area contributed by atoms with Crippen molar-refractivity contribution in [1.82, 2.24) is 0 Å². The molecule has 1 aromatic rings. The molecule has 1 aliphatic heterocycles. The van der Waals surface area contributed by atoms with Crippen molar-refractivity contribution in [2.24, 2.45) is 5.92 Å². The summed E-state index contributed by atoms with van der Waals surface area (Å²) >= 11 is 0. The highest BCUT2D eigenvalue weighted by molar-refractivity contribution is 5.82. The highest BCUT2D eigenvalue weighted by Gasteiger charge is 2.32. The summed E-state index contributed by atoms with van der Waals surface area (Å²) in [5.74, 6) is 1.70. The fourth-order valence-corrected chi connectivity index (χ4v) is 4.32. The van der Waals surface area contributed by atoms with Crippen molar-refractivity contribution in [3.05, 3.63) is 46.6 Å². The Bertz CT molecular complexity index is 904. The molecule has 4 heteroatoms. The van der Waals surface area contributed by atoms with E-state index in [0.29, 0.717) is 18.0 Å². The van der Waals surface area contributed by atoms with E-state index in [0.717, 1.165) is 61.8 Å². The van der Waals surface area contributed by atoms with Crippen LogP contribution in [0.25, 0.3) is 0 Å². The van der Waals surface area contributed by atoms with Crippen LogP contribution in [-0.2, 0) is 16.0 Å². The zero-order valence-corrected chi connectivity index (χ0v) is 21.7. The summed E-state index contributed by atoms with van der Waals surface area (Å²) in [5, 5.41) is 0. The second-order valence-electron chi connectivity index (χ2n) is 10.2. The van der Waals surface area contributed by atoms with Crippen molar-refractivity contribution < 1.29 is 19.1 Å². The molecular formula is C29H42O4. The average molecular weight is 455 g/mol. The van der Waals surface area contributed by atoms with Gasteiger partial charge in [-0.1, -0.05) is 30.2 Å². The Morgan fingerprint density at radius 1 is 1.18 bits per heavy atom. The lowest BCUT2D eigenvalue weighted by Gasteiger charge is -2.37. The Labute approximate surface area is 200 Å². The van der Waals surface area contributed by atoms with Crippen LogP contribution in [0.5, 0.6) is 11.5 Å². The predicted molar refractivity (Wildman–Crippen MR) is 135 cm³/mol. The Balaban J connectivity index is 1.82. The molecule has 0 N–H and O–H groups in total. The SMILES string of the molecule is CC(=O)Oc1cc(C)c2c(c1)CC[C@@](C)(CC/C=C(\C)CCC[C@H](C)C(=O)CC=C(C)C)O2. The quantitative estimate of drug-likeness (QED) is 0.198. The topological polar surface area (TPSA) is 52.6 Å². The Morgan fingerprint density at radius 3 is 2.58 bits per heavy atom. The predicted octanol–water partition coefficient (Wildman–Crippen LogP) is 7.46. The summed E-state index contributed by atoms with van der Waals surface area (Å²) in [6.07, 6.45) is 11.8. The number of carbonyl (C=O) groups is 2. The van der Waals surface area contributed by atoms with Crippen LogP contribution in [-0.4, -0.2) is 17.4 Å². The monoisotopic (exact) mass is 454 g/mol. The number of Topliss-reactive ketones (excluding diaryl/α,β-unsaturated/α-hetero) is 1. The van der Waals surface area contributed by atoms with Crippen LogP contribution in [0.15, 0.2) is 35.4 Å². The molecule has 0 aliphatic carbocycles. The number of hydrogen-bond donors (Lipinski definition) is 0. The molecule has 0 bridgehead atoms. The number of benzene rings is 1. The molecule has 2 rings (SSSR count). The van der Waals surface area contributed by atoms with E-state index in [1.807, 2.05) is 39.0 Å². The first-order chi connectivity index (χ1) is 15.5. The lowest BCUT2D eigenvalue weighted by Crippen LogP contribution is -2.36. The first-order valence-corrected chi connectivity index (χ1v) is 12.3. The minimum Gasteiger partial charge on any atom is -0.487 e. The minimum absolute atomic E-state index is 0.132. The molecule has 33 heavy (non-hydrogen) atoms. The molecule has 182 valence electrons. The van der Waals surface area contributed by atoms with Crippen molar-refractivity contribution in [2.75, 3.05) is 0 Å². The van der Waals surface area contributed by atoms with Crippen molar-refractivity contribution in [3.63, 3.8) is 0 Å². The molecule has 1 aromatic carbocycles. The number of esters is 1. The van der Waals surface area contributed by atoms with E-state index in [-0.39, 0.29) is 17.5 Å². The van der Waals surface area contributed by atoms with Gasteiger partial charge in [-0.05, 0) is 103 Å². The maximum atomic E-state index is 12.2. The number of hydrogen-bond acceptors (Lipinski definition) is 4. The number of fused-ring (bicyclic) bond motifs is 1. The van der Waals surface area contributed by atoms with Gasteiger partial charge in [0.15, 0.2) is 0 Å². The molecule has 1 heterocycles. The average Bonchev–Trinajstić information content (AvgIpc) is 2.72. The molecular weight excluding hydrogens is 412 g/mol. The zero-order valence-electron chi connectivity index (χ0n) is 21.7.